The maximum absolute atomic E-state index is 13.1. The summed E-state index contributed by atoms with van der Waals surface area (Å²) in [6, 6.07) is 3.95. The van der Waals surface area contributed by atoms with E-state index in [0.717, 1.165) is 37.7 Å². The van der Waals surface area contributed by atoms with Gasteiger partial charge in [-0.15, -0.1) is 0 Å². The number of benzene rings is 1. The molecule has 1 aliphatic heterocycles. The number of hydrogen-bond donors (Lipinski definition) is 1. The molecule has 4 rings (SSSR count). The van der Waals surface area contributed by atoms with Gasteiger partial charge in [0.2, 0.25) is 0 Å². The first-order chi connectivity index (χ1) is 14.9. The van der Waals surface area contributed by atoms with Crippen LogP contribution in [-0.4, -0.2) is 35.8 Å². The first-order valence-electron chi connectivity index (χ1n) is 9.80. The van der Waals surface area contributed by atoms with Gasteiger partial charge in [-0.1, -0.05) is 11.6 Å². The third-order valence-electron chi connectivity index (χ3n) is 5.21. The van der Waals surface area contributed by atoms with Gasteiger partial charge in [0.1, 0.15) is 22.7 Å². The summed E-state index contributed by atoms with van der Waals surface area (Å²) in [5.74, 6) is 0.625. The van der Waals surface area contributed by atoms with E-state index in [9.17, 15) is 21.6 Å². The van der Waals surface area contributed by atoms with Crippen LogP contribution in [0.25, 0.3) is 11.2 Å². The maximum atomic E-state index is 13.1. The van der Waals surface area contributed by atoms with Crippen molar-refractivity contribution in [2.24, 2.45) is 0 Å². The highest BCUT2D eigenvalue weighted by Crippen LogP contribution is 2.37. The molecule has 12 heteroatoms. The summed E-state index contributed by atoms with van der Waals surface area (Å²) in [6.45, 7) is 2.40. The highest BCUT2D eigenvalue weighted by atomic mass is 35.5. The van der Waals surface area contributed by atoms with Crippen LogP contribution < -0.4 is 5.32 Å². The Balaban J connectivity index is 1.83. The highest BCUT2D eigenvalue weighted by molar-refractivity contribution is 7.90. The Kier molecular flexibility index (Phi) is 5.84. The summed E-state index contributed by atoms with van der Waals surface area (Å²) in [5, 5.41) is 3.01. The molecule has 2 aromatic heterocycles. The van der Waals surface area contributed by atoms with Gasteiger partial charge >= 0.3 is 6.18 Å². The Morgan fingerprint density at radius 1 is 1.19 bits per heavy atom. The van der Waals surface area contributed by atoms with Gasteiger partial charge < -0.3 is 10.1 Å². The van der Waals surface area contributed by atoms with Gasteiger partial charge in [0.15, 0.2) is 15.5 Å². The van der Waals surface area contributed by atoms with Crippen molar-refractivity contribution in [3.8, 4) is 0 Å². The topological polar surface area (TPSA) is 86.1 Å². The molecule has 172 valence electrons. The predicted molar refractivity (Wildman–Crippen MR) is 114 cm³/mol. The fourth-order valence-electron chi connectivity index (χ4n) is 3.76. The Morgan fingerprint density at radius 3 is 2.56 bits per heavy atom. The molecule has 1 unspecified atom stereocenters. The zero-order chi connectivity index (χ0) is 23.3. The number of hydrogen-bond acceptors (Lipinski definition) is 6. The summed E-state index contributed by atoms with van der Waals surface area (Å²) in [6.07, 6.45) is -1.36. The van der Waals surface area contributed by atoms with Crippen LogP contribution in [0.15, 0.2) is 29.2 Å². The Labute approximate surface area is 187 Å². The Bertz CT molecular complexity index is 1290. The predicted octanol–water partition coefficient (Wildman–Crippen LogP) is 5.26. The number of ether oxygens (including phenoxy) is 1. The lowest BCUT2D eigenvalue weighted by Crippen LogP contribution is -2.19. The third-order valence-corrected chi connectivity index (χ3v) is 6.55. The molecule has 1 atom stereocenters. The standard InChI is InChI=1S/C20H20ClF3N4O3S/c1-11-25-18-14(10-16(21)27-19(18)28(11)17-5-3-4-8-31-17)26-13-7-6-12(20(22,23)24)9-15(13)32(2,29)30/h6-7,9-10,17H,3-5,8H2,1-2H3,(H,26,27). The largest absolute Gasteiger partial charge is 0.416 e. The minimum absolute atomic E-state index is 0.0230. The molecule has 0 saturated carbocycles. The van der Waals surface area contributed by atoms with Gasteiger partial charge in [-0.25, -0.2) is 18.4 Å². The van der Waals surface area contributed by atoms with E-state index in [-0.39, 0.29) is 17.1 Å². The van der Waals surface area contributed by atoms with Gasteiger partial charge in [0, 0.05) is 18.9 Å². The number of sulfone groups is 1. The van der Waals surface area contributed by atoms with Gasteiger partial charge in [-0.3, -0.25) is 4.57 Å². The lowest BCUT2D eigenvalue weighted by molar-refractivity contribution is -0.137. The number of aryl methyl sites for hydroxylation is 1. The minimum Gasteiger partial charge on any atom is -0.358 e. The summed E-state index contributed by atoms with van der Waals surface area (Å²) in [4.78, 5) is 8.43. The molecule has 1 fully saturated rings. The second kappa shape index (κ2) is 8.20. The van der Waals surface area contributed by atoms with Crippen molar-refractivity contribution in [1.82, 2.24) is 14.5 Å². The number of anilines is 2. The van der Waals surface area contributed by atoms with E-state index in [4.69, 9.17) is 16.3 Å². The Hall–Kier alpha value is -2.37. The fourth-order valence-corrected chi connectivity index (χ4v) is 4.81. The zero-order valence-electron chi connectivity index (χ0n) is 17.2. The van der Waals surface area contributed by atoms with Gasteiger partial charge in [0.25, 0.3) is 0 Å². The molecular formula is C20H20ClF3N4O3S. The molecule has 1 saturated heterocycles. The smallest absolute Gasteiger partial charge is 0.358 e. The molecule has 0 amide bonds. The molecular weight excluding hydrogens is 469 g/mol. The molecule has 7 nitrogen and oxygen atoms in total. The normalized spacial score (nSPS) is 17.6. The van der Waals surface area contributed by atoms with E-state index >= 15 is 0 Å². The van der Waals surface area contributed by atoms with E-state index in [2.05, 4.69) is 15.3 Å². The van der Waals surface area contributed by atoms with Gasteiger partial charge in [-0.2, -0.15) is 13.2 Å². The number of aromatic nitrogens is 3. The van der Waals surface area contributed by atoms with Crippen LogP contribution in [0.1, 0.15) is 36.9 Å². The molecule has 0 bridgehead atoms. The third kappa shape index (κ3) is 4.41. The second-order valence-corrected chi connectivity index (χ2v) is 9.99. The molecule has 0 aliphatic carbocycles. The van der Waals surface area contributed by atoms with Crippen molar-refractivity contribution in [1.29, 1.82) is 0 Å². The highest BCUT2D eigenvalue weighted by Gasteiger charge is 2.32. The lowest BCUT2D eigenvalue weighted by Gasteiger charge is -2.25. The summed E-state index contributed by atoms with van der Waals surface area (Å²) in [7, 11) is -3.98. The molecule has 1 aromatic carbocycles. The van der Waals surface area contributed by atoms with Crippen LogP contribution in [0.5, 0.6) is 0 Å². The molecule has 1 N–H and O–H groups in total. The number of halogens is 4. The average Bonchev–Trinajstić information content (AvgIpc) is 3.03. The van der Waals surface area contributed by atoms with Crippen molar-refractivity contribution in [3.05, 3.63) is 40.8 Å². The van der Waals surface area contributed by atoms with Crippen LogP contribution >= 0.6 is 11.6 Å². The lowest BCUT2D eigenvalue weighted by atomic mass is 10.2. The molecule has 32 heavy (non-hydrogen) atoms. The van der Waals surface area contributed by atoms with Crippen LogP contribution in [0.4, 0.5) is 24.5 Å². The summed E-state index contributed by atoms with van der Waals surface area (Å²) < 4.78 is 71.6. The van der Waals surface area contributed by atoms with Crippen molar-refractivity contribution in [2.75, 3.05) is 18.2 Å². The van der Waals surface area contributed by atoms with E-state index in [1.165, 1.54) is 6.07 Å². The van der Waals surface area contributed by atoms with Crippen molar-refractivity contribution >= 4 is 44.0 Å². The van der Waals surface area contributed by atoms with Crippen molar-refractivity contribution in [3.63, 3.8) is 0 Å². The van der Waals surface area contributed by atoms with Crippen LogP contribution in [0.3, 0.4) is 0 Å². The first-order valence-corrected chi connectivity index (χ1v) is 12.1. The van der Waals surface area contributed by atoms with Crippen molar-refractivity contribution < 1.29 is 26.3 Å². The Morgan fingerprint density at radius 2 is 1.94 bits per heavy atom. The number of fused-ring (bicyclic) bond motifs is 1. The van der Waals surface area contributed by atoms with Crippen LogP contribution in [0, 0.1) is 6.92 Å². The number of imidazole rings is 1. The molecule has 0 spiro atoms. The SMILES string of the molecule is Cc1nc2c(Nc3ccc(C(F)(F)F)cc3S(C)(=O)=O)cc(Cl)nc2n1C1CCCCO1. The second-order valence-electron chi connectivity index (χ2n) is 7.62. The molecule has 0 radical (unpaired) electrons. The molecule has 1 aliphatic rings. The van der Waals surface area contributed by atoms with E-state index < -0.39 is 26.5 Å². The number of alkyl halides is 3. The summed E-state index contributed by atoms with van der Waals surface area (Å²) >= 11 is 6.22. The van der Waals surface area contributed by atoms with Gasteiger partial charge in [0.05, 0.1) is 21.8 Å². The number of nitrogens with one attached hydrogen (secondary N) is 1. The average molecular weight is 489 g/mol. The summed E-state index contributed by atoms with van der Waals surface area (Å²) in [5.41, 5.74) is 0.0843. The first kappa shape index (κ1) is 22.8. The monoisotopic (exact) mass is 488 g/mol. The number of nitrogens with zero attached hydrogens (tertiary/aromatic N) is 3. The van der Waals surface area contributed by atoms with Crippen LogP contribution in [-0.2, 0) is 20.8 Å². The zero-order valence-corrected chi connectivity index (χ0v) is 18.8. The van der Waals surface area contributed by atoms with E-state index in [1.807, 2.05) is 4.57 Å². The minimum atomic E-state index is -4.68. The maximum Gasteiger partial charge on any atom is 0.416 e. The number of rotatable bonds is 4. The van der Waals surface area contributed by atoms with Crippen molar-refractivity contribution in [2.45, 2.75) is 43.5 Å². The van der Waals surface area contributed by atoms with E-state index in [1.54, 1.807) is 6.92 Å². The number of pyridine rings is 1. The molecule has 3 heterocycles. The molecule has 3 aromatic rings. The van der Waals surface area contributed by atoms with E-state index in [0.29, 0.717) is 35.3 Å². The van der Waals surface area contributed by atoms with Crippen LogP contribution in [0.2, 0.25) is 5.15 Å². The quantitative estimate of drug-likeness (QED) is 0.504. The fraction of sp³-hybridized carbons (Fsp3) is 0.400. The van der Waals surface area contributed by atoms with Gasteiger partial charge in [-0.05, 0) is 44.4 Å².